The summed E-state index contributed by atoms with van der Waals surface area (Å²) in [5, 5.41) is 8.69. The lowest BCUT2D eigenvalue weighted by Gasteiger charge is -2.26. The molecule has 9 nitrogen and oxygen atoms in total. The summed E-state index contributed by atoms with van der Waals surface area (Å²) in [6.45, 7) is 2.50. The van der Waals surface area contributed by atoms with Gasteiger partial charge < -0.3 is 20.7 Å². The summed E-state index contributed by atoms with van der Waals surface area (Å²) in [6.07, 6.45) is -2.91. The number of hydrogen-bond donors (Lipinski definition) is 3. The molecular formula is C20H19F4N7O2S. The van der Waals surface area contributed by atoms with Crippen LogP contribution in [0.2, 0.25) is 0 Å². The van der Waals surface area contributed by atoms with Gasteiger partial charge in [-0.25, -0.2) is 19.3 Å². The predicted molar refractivity (Wildman–Crippen MR) is 116 cm³/mol. The Kier molecular flexibility index (Phi) is 6.88. The maximum atomic E-state index is 13.9. The molecule has 0 saturated carbocycles. The highest BCUT2D eigenvalue weighted by atomic mass is 32.1. The molecule has 14 heteroatoms. The van der Waals surface area contributed by atoms with Gasteiger partial charge in [-0.05, 0) is 37.5 Å². The number of anilines is 3. The number of hydrogen-bond acceptors (Lipinski definition) is 9. The van der Waals surface area contributed by atoms with Crippen molar-refractivity contribution in [2.24, 2.45) is 0 Å². The average Bonchev–Trinajstić information content (AvgIpc) is 3.16. The number of aromatic nitrogens is 4. The van der Waals surface area contributed by atoms with Crippen LogP contribution in [0, 0.1) is 6.92 Å². The molecule has 0 aromatic carbocycles. The summed E-state index contributed by atoms with van der Waals surface area (Å²) >= 11 is 0.953. The van der Waals surface area contributed by atoms with Crippen molar-refractivity contribution in [1.82, 2.24) is 24.6 Å². The molecule has 34 heavy (non-hydrogen) atoms. The standard InChI is InChI=1S/C20H19F4N7O2S/c1-10-17(19(34-31-10)30-15-9-26-14(8-27-15)20(22,23)24)18(32)29-11-2-3-16(28-6-11)33-13-4-5-25-7-12(13)21/h2-3,6,8-9,12-13,25H,4-5,7H2,1H3,(H,27,30)(H,29,32)/t12-,13?/m0/s1. The minimum absolute atomic E-state index is 0.0259. The second kappa shape index (κ2) is 9.85. The minimum atomic E-state index is -4.60. The van der Waals surface area contributed by atoms with Crippen LogP contribution in [0.5, 0.6) is 5.88 Å². The smallest absolute Gasteiger partial charge is 0.434 e. The first-order chi connectivity index (χ1) is 16.2. The summed E-state index contributed by atoms with van der Waals surface area (Å²) in [5.41, 5.74) is -0.149. The van der Waals surface area contributed by atoms with Crippen LogP contribution in [0.25, 0.3) is 0 Å². The maximum Gasteiger partial charge on any atom is 0.434 e. The molecule has 1 saturated heterocycles. The molecule has 1 aliphatic heterocycles. The van der Waals surface area contributed by atoms with Crippen molar-refractivity contribution in [2.75, 3.05) is 23.7 Å². The third kappa shape index (κ3) is 5.56. The van der Waals surface area contributed by atoms with Gasteiger partial charge in [0, 0.05) is 12.6 Å². The Bertz CT molecular complexity index is 1140. The normalized spacial score (nSPS) is 18.4. The molecule has 180 valence electrons. The lowest BCUT2D eigenvalue weighted by Crippen LogP contribution is -2.44. The summed E-state index contributed by atoms with van der Waals surface area (Å²) in [5.74, 6) is -0.242. The van der Waals surface area contributed by atoms with E-state index in [0.29, 0.717) is 30.5 Å². The fraction of sp³-hybridized carbons (Fsp3) is 0.350. The van der Waals surface area contributed by atoms with Gasteiger partial charge in [-0.2, -0.15) is 17.5 Å². The number of piperidine rings is 1. The maximum absolute atomic E-state index is 13.9. The number of aryl methyl sites for hydroxylation is 1. The second-order valence-electron chi connectivity index (χ2n) is 7.39. The largest absolute Gasteiger partial charge is 0.471 e. The molecular weight excluding hydrogens is 478 g/mol. The van der Waals surface area contributed by atoms with Crippen LogP contribution in [0.3, 0.4) is 0 Å². The third-order valence-electron chi connectivity index (χ3n) is 4.89. The summed E-state index contributed by atoms with van der Waals surface area (Å²) in [7, 11) is 0. The van der Waals surface area contributed by atoms with E-state index in [9.17, 15) is 22.4 Å². The van der Waals surface area contributed by atoms with Gasteiger partial charge >= 0.3 is 6.18 Å². The van der Waals surface area contributed by atoms with E-state index in [1.165, 1.54) is 12.3 Å². The molecule has 1 fully saturated rings. The lowest BCUT2D eigenvalue weighted by atomic mass is 10.1. The van der Waals surface area contributed by atoms with Crippen molar-refractivity contribution in [3.63, 3.8) is 0 Å². The number of carbonyl (C=O) groups is 1. The molecule has 3 aromatic heterocycles. The number of halogens is 4. The molecule has 4 heterocycles. The first-order valence-electron chi connectivity index (χ1n) is 10.1. The first kappa shape index (κ1) is 23.8. The molecule has 0 spiro atoms. The molecule has 0 bridgehead atoms. The fourth-order valence-electron chi connectivity index (χ4n) is 3.18. The van der Waals surface area contributed by atoms with Crippen LogP contribution in [-0.4, -0.2) is 50.6 Å². The zero-order valence-corrected chi connectivity index (χ0v) is 18.5. The Balaban J connectivity index is 1.42. The van der Waals surface area contributed by atoms with E-state index in [4.69, 9.17) is 4.74 Å². The quantitative estimate of drug-likeness (QED) is 0.442. The average molecular weight is 497 g/mol. The van der Waals surface area contributed by atoms with Gasteiger partial charge in [0.05, 0.1) is 35.5 Å². The van der Waals surface area contributed by atoms with Crippen LogP contribution in [0.15, 0.2) is 30.7 Å². The first-order valence-corrected chi connectivity index (χ1v) is 10.9. The molecule has 1 amide bonds. The monoisotopic (exact) mass is 497 g/mol. The number of rotatable bonds is 6. The predicted octanol–water partition coefficient (Wildman–Crippen LogP) is 3.73. The third-order valence-corrected chi connectivity index (χ3v) is 5.74. The van der Waals surface area contributed by atoms with Crippen LogP contribution in [0.1, 0.15) is 28.2 Å². The Labute approximate surface area is 195 Å². The molecule has 0 radical (unpaired) electrons. The molecule has 3 aromatic rings. The van der Waals surface area contributed by atoms with E-state index in [1.54, 1.807) is 13.0 Å². The van der Waals surface area contributed by atoms with E-state index in [0.717, 1.165) is 17.7 Å². The molecule has 3 N–H and O–H groups in total. The highest BCUT2D eigenvalue weighted by Gasteiger charge is 2.33. The Hall–Kier alpha value is -3.39. The summed E-state index contributed by atoms with van der Waals surface area (Å²) < 4.78 is 61.6. The second-order valence-corrected chi connectivity index (χ2v) is 8.16. The Morgan fingerprint density at radius 2 is 2.03 bits per heavy atom. The molecule has 1 aliphatic rings. The number of amides is 1. The van der Waals surface area contributed by atoms with Crippen molar-refractivity contribution in [1.29, 1.82) is 0 Å². The zero-order valence-electron chi connectivity index (χ0n) is 17.7. The number of alkyl halides is 4. The van der Waals surface area contributed by atoms with Gasteiger partial charge in [-0.1, -0.05) is 0 Å². The summed E-state index contributed by atoms with van der Waals surface area (Å²) in [6, 6.07) is 3.10. The fourth-order valence-corrected chi connectivity index (χ4v) is 3.98. The van der Waals surface area contributed by atoms with Crippen LogP contribution in [-0.2, 0) is 6.18 Å². The SMILES string of the molecule is Cc1nsc(Nc2cnc(C(F)(F)F)cn2)c1C(=O)Nc1ccc(OC2CCNC[C@@H]2F)nc1. The summed E-state index contributed by atoms with van der Waals surface area (Å²) in [4.78, 5) is 24.0. The Morgan fingerprint density at radius 3 is 2.68 bits per heavy atom. The van der Waals surface area contributed by atoms with Crippen molar-refractivity contribution >= 4 is 33.9 Å². The van der Waals surface area contributed by atoms with Crippen LogP contribution >= 0.6 is 11.5 Å². The molecule has 0 aliphatic carbocycles. The zero-order chi connectivity index (χ0) is 24.3. The molecule has 4 rings (SSSR count). The Morgan fingerprint density at radius 1 is 1.21 bits per heavy atom. The number of nitrogens with one attached hydrogen (secondary N) is 3. The molecule has 1 unspecified atom stereocenters. The number of carbonyl (C=O) groups excluding carboxylic acids is 1. The van der Waals surface area contributed by atoms with Gasteiger partial charge in [0.15, 0.2) is 5.69 Å². The molecule has 2 atom stereocenters. The van der Waals surface area contributed by atoms with E-state index >= 15 is 0 Å². The van der Waals surface area contributed by atoms with Crippen molar-refractivity contribution in [3.05, 3.63) is 47.7 Å². The topological polar surface area (TPSA) is 114 Å². The van der Waals surface area contributed by atoms with Gasteiger partial charge in [0.25, 0.3) is 5.91 Å². The van der Waals surface area contributed by atoms with Gasteiger partial charge in [-0.15, -0.1) is 0 Å². The van der Waals surface area contributed by atoms with E-state index < -0.39 is 30.1 Å². The minimum Gasteiger partial charge on any atom is -0.471 e. The van der Waals surface area contributed by atoms with Crippen molar-refractivity contribution in [3.8, 4) is 5.88 Å². The van der Waals surface area contributed by atoms with Crippen molar-refractivity contribution in [2.45, 2.75) is 31.8 Å². The van der Waals surface area contributed by atoms with Crippen LogP contribution in [0.4, 0.5) is 34.1 Å². The highest BCUT2D eigenvalue weighted by Crippen LogP contribution is 2.30. The van der Waals surface area contributed by atoms with Crippen LogP contribution < -0.4 is 20.7 Å². The van der Waals surface area contributed by atoms with Crippen molar-refractivity contribution < 1.29 is 27.1 Å². The number of pyridine rings is 1. The number of ether oxygens (including phenoxy) is 1. The van der Waals surface area contributed by atoms with E-state index in [2.05, 4.69) is 35.3 Å². The van der Waals surface area contributed by atoms with Gasteiger partial charge in [-0.3, -0.25) is 4.79 Å². The highest BCUT2D eigenvalue weighted by molar-refractivity contribution is 7.10. The van der Waals surface area contributed by atoms with Gasteiger partial charge in [0.1, 0.15) is 23.1 Å². The number of nitrogens with zero attached hydrogens (tertiary/aromatic N) is 4. The van der Waals surface area contributed by atoms with Gasteiger partial charge in [0.2, 0.25) is 5.88 Å². The van der Waals surface area contributed by atoms with E-state index in [1.807, 2.05) is 0 Å². The lowest BCUT2D eigenvalue weighted by molar-refractivity contribution is -0.141. The van der Waals surface area contributed by atoms with E-state index in [-0.39, 0.29) is 28.8 Å².